The first-order chi connectivity index (χ1) is 18.1. The van der Waals surface area contributed by atoms with Crippen molar-refractivity contribution in [2.75, 3.05) is 18.4 Å². The van der Waals surface area contributed by atoms with Gasteiger partial charge in [-0.05, 0) is 50.5 Å². The van der Waals surface area contributed by atoms with Crippen LogP contribution in [0.4, 0.5) is 5.69 Å². The first-order valence-corrected chi connectivity index (χ1v) is 13.2. The molecular formula is C26H30Cl2N6O4. The summed E-state index contributed by atoms with van der Waals surface area (Å²) in [4.78, 5) is 47.8. The number of nitrogens with one attached hydrogen (secondary N) is 3. The fourth-order valence-electron chi connectivity index (χ4n) is 4.52. The van der Waals surface area contributed by atoms with Crippen molar-refractivity contribution in [2.24, 2.45) is 5.92 Å². The molecule has 4 rings (SSSR count). The Bertz CT molecular complexity index is 1230. The van der Waals surface area contributed by atoms with Gasteiger partial charge in [0.15, 0.2) is 11.6 Å². The van der Waals surface area contributed by atoms with Crippen LogP contribution in [0.1, 0.15) is 44.5 Å². The van der Waals surface area contributed by atoms with Gasteiger partial charge < -0.3 is 20.3 Å². The lowest BCUT2D eigenvalue weighted by Gasteiger charge is -2.26. The van der Waals surface area contributed by atoms with Crippen molar-refractivity contribution in [3.05, 3.63) is 48.0 Å². The summed E-state index contributed by atoms with van der Waals surface area (Å²) in [5.74, 6) is -0.000754. The van der Waals surface area contributed by atoms with Gasteiger partial charge in [-0.15, -0.1) is 23.2 Å². The Hall–Kier alpha value is -3.24. The Morgan fingerprint density at radius 2 is 1.97 bits per heavy atom. The monoisotopic (exact) mass is 560 g/mol. The number of likely N-dealkylation sites (tertiary alicyclic amines) is 1. The number of anilines is 1. The zero-order valence-electron chi connectivity index (χ0n) is 21.2. The number of benzene rings is 1. The second-order valence-electron chi connectivity index (χ2n) is 9.56. The number of Topliss-reactive ketones (excluding diaryl/α,β-unsaturated/α-hetero) is 1. The van der Waals surface area contributed by atoms with Gasteiger partial charge in [0.05, 0.1) is 6.54 Å². The highest BCUT2D eigenvalue weighted by Gasteiger charge is 2.55. The lowest BCUT2D eigenvalue weighted by atomic mass is 10.0. The van der Waals surface area contributed by atoms with Crippen LogP contribution in [0.15, 0.2) is 36.7 Å². The number of ether oxygens (including phenoxy) is 1. The molecule has 1 saturated carbocycles. The molecule has 2 aliphatic rings. The Kier molecular flexibility index (Phi) is 8.52. The number of halogens is 2. The lowest BCUT2D eigenvalue weighted by molar-refractivity contribution is -0.137. The number of nitrogens with zero attached hydrogens (tertiary/aromatic N) is 3. The minimum absolute atomic E-state index is 0.0100. The Morgan fingerprint density at radius 3 is 2.63 bits per heavy atom. The first-order valence-electron chi connectivity index (χ1n) is 12.4. The predicted octanol–water partition coefficient (Wildman–Crippen LogP) is 3.11. The summed E-state index contributed by atoms with van der Waals surface area (Å²) in [6.07, 6.45) is 5.13. The maximum Gasteiger partial charge on any atom is 0.243 e. The third-order valence-corrected chi connectivity index (χ3v) is 7.62. The van der Waals surface area contributed by atoms with Crippen LogP contribution in [0, 0.1) is 11.3 Å². The number of hydrogen-bond acceptors (Lipinski definition) is 8. The van der Waals surface area contributed by atoms with Gasteiger partial charge in [-0.3, -0.25) is 19.8 Å². The number of alkyl halides is 2. The third-order valence-electron chi connectivity index (χ3n) is 6.75. The van der Waals surface area contributed by atoms with E-state index in [0.29, 0.717) is 48.6 Å². The highest BCUT2D eigenvalue weighted by atomic mass is 35.5. The molecule has 2 amide bonds. The molecule has 0 spiro atoms. The van der Waals surface area contributed by atoms with Crippen molar-refractivity contribution < 1.29 is 19.1 Å². The van der Waals surface area contributed by atoms with E-state index in [1.165, 1.54) is 6.92 Å². The summed E-state index contributed by atoms with van der Waals surface area (Å²) >= 11 is 12.3. The van der Waals surface area contributed by atoms with Crippen molar-refractivity contribution >= 4 is 52.2 Å². The van der Waals surface area contributed by atoms with Crippen molar-refractivity contribution in [3.8, 4) is 5.75 Å². The number of carbonyl (C=O) groups excluding carboxylic acids is 3. The normalized spacial score (nSPS) is 20.4. The Morgan fingerprint density at radius 1 is 1.26 bits per heavy atom. The van der Waals surface area contributed by atoms with E-state index in [9.17, 15) is 14.4 Å². The van der Waals surface area contributed by atoms with E-state index in [4.69, 9.17) is 33.3 Å². The summed E-state index contributed by atoms with van der Waals surface area (Å²) in [6.45, 7) is 3.65. The smallest absolute Gasteiger partial charge is 0.243 e. The van der Waals surface area contributed by atoms with Gasteiger partial charge in [0, 0.05) is 49.1 Å². The fourth-order valence-corrected chi connectivity index (χ4v) is 5.23. The number of amides is 2. The average Bonchev–Trinajstić information content (AvgIpc) is 3.29. The van der Waals surface area contributed by atoms with E-state index >= 15 is 0 Å². The molecule has 0 unspecified atom stereocenters. The summed E-state index contributed by atoms with van der Waals surface area (Å²) in [7, 11) is 0. The zero-order valence-corrected chi connectivity index (χ0v) is 22.7. The summed E-state index contributed by atoms with van der Waals surface area (Å²) in [5, 5.41) is 14.2. The van der Waals surface area contributed by atoms with Gasteiger partial charge in [-0.2, -0.15) is 0 Å². The number of carbonyl (C=O) groups is 3. The fraction of sp³-hybridized carbons (Fsp3) is 0.462. The van der Waals surface area contributed by atoms with Crippen molar-refractivity contribution in [1.82, 2.24) is 20.2 Å². The van der Waals surface area contributed by atoms with Crippen LogP contribution in [-0.2, 0) is 21.0 Å². The van der Waals surface area contributed by atoms with E-state index in [0.717, 1.165) is 0 Å². The molecule has 2 aromatic rings. The molecule has 12 heteroatoms. The van der Waals surface area contributed by atoms with Crippen LogP contribution in [-0.4, -0.2) is 67.7 Å². The van der Waals surface area contributed by atoms with Crippen LogP contribution in [0.5, 0.6) is 5.75 Å². The van der Waals surface area contributed by atoms with Gasteiger partial charge in [-0.1, -0.05) is 0 Å². The molecule has 1 aromatic heterocycles. The molecule has 2 heterocycles. The van der Waals surface area contributed by atoms with Crippen LogP contribution in [0.25, 0.3) is 0 Å². The molecule has 3 N–H and O–H groups in total. The second-order valence-corrected chi connectivity index (χ2v) is 11.1. The Labute approximate surface area is 231 Å². The van der Waals surface area contributed by atoms with Gasteiger partial charge in [-0.25, -0.2) is 9.97 Å². The molecule has 10 nitrogen and oxygen atoms in total. The van der Waals surface area contributed by atoms with E-state index in [2.05, 4.69) is 20.6 Å². The van der Waals surface area contributed by atoms with Crippen LogP contribution < -0.4 is 15.4 Å². The molecule has 38 heavy (non-hydrogen) atoms. The summed E-state index contributed by atoms with van der Waals surface area (Å²) in [5.41, 5.74) is 0.518. The molecule has 1 aromatic carbocycles. The maximum atomic E-state index is 13.1. The van der Waals surface area contributed by atoms with Crippen molar-refractivity contribution in [1.29, 1.82) is 5.41 Å². The molecular weight excluding hydrogens is 531 g/mol. The van der Waals surface area contributed by atoms with Crippen LogP contribution in [0.2, 0.25) is 0 Å². The maximum absolute atomic E-state index is 13.1. The minimum Gasteiger partial charge on any atom is -0.486 e. The van der Waals surface area contributed by atoms with Crippen molar-refractivity contribution in [2.45, 2.75) is 56.1 Å². The van der Waals surface area contributed by atoms with Gasteiger partial charge in [0.25, 0.3) is 0 Å². The SMILES string of the molecule is CC(=O)C(=N)c1cc(OCc2ncccn2)ccc1NCC(=O)N1CCC[C@H]1C(=O)N[C@H](C)[C@H]1CC1(Cl)Cl. The lowest BCUT2D eigenvalue weighted by Crippen LogP contribution is -2.50. The molecule has 0 bridgehead atoms. The molecule has 1 aliphatic carbocycles. The topological polar surface area (TPSA) is 137 Å². The second kappa shape index (κ2) is 11.7. The predicted molar refractivity (Wildman–Crippen MR) is 144 cm³/mol. The molecule has 0 radical (unpaired) electrons. The van der Waals surface area contributed by atoms with Gasteiger partial charge >= 0.3 is 0 Å². The molecule has 202 valence electrons. The van der Waals surface area contributed by atoms with E-state index in [1.807, 2.05) is 6.92 Å². The van der Waals surface area contributed by atoms with Crippen LogP contribution in [0.3, 0.4) is 0 Å². The number of aromatic nitrogens is 2. The van der Waals surface area contributed by atoms with Crippen LogP contribution >= 0.6 is 23.2 Å². The molecule has 1 aliphatic heterocycles. The Balaban J connectivity index is 1.39. The summed E-state index contributed by atoms with van der Waals surface area (Å²) < 4.78 is 4.93. The third kappa shape index (κ3) is 6.60. The quantitative estimate of drug-likeness (QED) is 0.283. The first kappa shape index (κ1) is 27.8. The van der Waals surface area contributed by atoms with E-state index in [-0.39, 0.29) is 42.6 Å². The molecule has 3 atom stereocenters. The van der Waals surface area contributed by atoms with Gasteiger partial charge in [0.1, 0.15) is 28.4 Å². The highest BCUT2D eigenvalue weighted by Crippen LogP contribution is 2.54. The number of rotatable bonds is 11. The zero-order chi connectivity index (χ0) is 27.4. The summed E-state index contributed by atoms with van der Waals surface area (Å²) in [6, 6.07) is 5.83. The van der Waals surface area contributed by atoms with E-state index in [1.54, 1.807) is 41.6 Å². The van der Waals surface area contributed by atoms with Gasteiger partial charge in [0.2, 0.25) is 11.8 Å². The number of ketones is 1. The average molecular weight is 561 g/mol. The highest BCUT2D eigenvalue weighted by molar-refractivity contribution is 6.51. The van der Waals surface area contributed by atoms with E-state index < -0.39 is 16.2 Å². The minimum atomic E-state index is -0.803. The standard InChI is InChI=1S/C26H30Cl2N6O4/c1-15(19-12-26(19,27)28)33-25(37)21-5-3-10-34(21)23(36)13-32-20-7-6-17(11-18(20)24(29)16(2)35)38-14-22-30-8-4-9-31-22/h4,6-9,11,15,19,21,29,32H,3,5,10,12-14H2,1-2H3,(H,33,37)/t15-,19-,21+/m1/s1. The van der Waals surface area contributed by atoms with Crippen molar-refractivity contribution in [3.63, 3.8) is 0 Å². The molecule has 2 fully saturated rings. The number of hydrogen-bond donors (Lipinski definition) is 3. The molecule has 1 saturated heterocycles. The largest absolute Gasteiger partial charge is 0.486 e.